The molecule has 1 unspecified atom stereocenters. The van der Waals surface area contributed by atoms with Crippen molar-refractivity contribution < 1.29 is 92.2 Å². The van der Waals surface area contributed by atoms with Crippen molar-refractivity contribution in [3.05, 3.63) is 194 Å². The molecule has 4 aromatic heterocycles. The zero-order valence-corrected chi connectivity index (χ0v) is 86.6. The van der Waals surface area contributed by atoms with Gasteiger partial charge in [-0.25, -0.2) is 19.9 Å². The molecule has 14 rings (SSSR count). The van der Waals surface area contributed by atoms with E-state index in [0.717, 1.165) is 86.8 Å². The monoisotopic (exact) mass is 2020 g/mol. The maximum Gasteiger partial charge on any atom is 0.252 e. The lowest BCUT2D eigenvalue weighted by atomic mass is 9.76. The number of carbonyl (C=O) groups excluding carboxylic acids is 12. The molecule has 9 aromatic rings. The van der Waals surface area contributed by atoms with Crippen LogP contribution in [0.4, 0.5) is 0 Å². The van der Waals surface area contributed by atoms with Crippen LogP contribution in [0.3, 0.4) is 0 Å². The van der Waals surface area contributed by atoms with Gasteiger partial charge in [0.2, 0.25) is 47.3 Å². The van der Waals surface area contributed by atoms with Gasteiger partial charge in [-0.3, -0.25) is 52.7 Å². The number of nitrogens with zero attached hydrogens (tertiary/aromatic N) is 8. The average Bonchev–Trinajstić information content (AvgIpc) is 1.63. The Morgan fingerprint density at radius 3 is 1.13 bits per heavy atom. The lowest BCUT2D eigenvalue weighted by molar-refractivity contribution is -0.146. The molecule has 0 radical (unpaired) electrons. The minimum absolute atomic E-state index is 0.0276. The lowest BCUT2D eigenvalue weighted by Gasteiger charge is -2.35. The Morgan fingerprint density at radius 1 is 0.479 bits per heavy atom. The number of benzene rings is 5. The van der Waals surface area contributed by atoms with Crippen LogP contribution in [0.25, 0.3) is 41.8 Å². The van der Waals surface area contributed by atoms with Crippen molar-refractivity contribution in [1.82, 2.24) is 71.4 Å². The molecule has 762 valence electrons. The molecule has 0 aliphatic carbocycles. The second-order valence-corrected chi connectivity index (χ2v) is 42.3. The first kappa shape index (κ1) is 111. The SMILES string of the molecule is CC(=O)CC(C(=O)N1C[C@H](O)C[C@H]1C(=O)NCc1ccc(-c2scnc2C)cc1)C(C)(C)C.CCOc1cccc(C(=O)N[C@@H](C)C(=O)N2C[C@H](O)C[C@H]2C(=O)NCc2ccc(-c3scnc3C)cc2)c1.COCCC(=O)C[C@@H](C)C(=O)N1C[C@H](O)C[C@H]1C(=O)NCc1ccc(-c2scnc2C)cc1.Cc1ncsc1-c1ccc(CNC(=O)[C@@H]2C[C@@H](O)CN2C(=O)[C@@H](CC(=O)[C@@H]2COCCN2)C(C)(C)C)cc1. The van der Waals surface area contributed by atoms with Gasteiger partial charge >= 0.3 is 0 Å². The molecule has 5 fully saturated rings. The molecule has 5 aromatic carbocycles. The maximum absolute atomic E-state index is 13.7. The van der Waals surface area contributed by atoms with Crippen molar-refractivity contribution in [3.8, 4) is 47.5 Å². The standard InChI is InChI=1S/C28H38N4O5S.C28H32N4O5S.C25H33N3O4S.C24H31N3O5S/c1-17-25(38-16-31-17)19-7-5-18(6-8-19)13-30-26(35)23-11-20(33)14-32(23)27(36)21(28(2,3)4)12-24(34)22-15-37-10-9-29-22;1-4-37-23-7-5-6-21(12-23)26(34)31-18(3)28(36)32-15-22(33)13-24(32)27(35)29-14-19-8-10-20(11-9-19)25-17(2)30-16-38-25;1-15(29)10-20(25(3,4)5)24(32)28-13-19(30)11-21(28)23(31)26-12-17-6-8-18(9-7-17)22-16(2)27-14-33-22;1-15(10-19(28)8-9-32-3)24(31)27-13-20(29)11-21(27)23(30)25-12-17-4-6-18(7-5-17)22-16(2)26-14-33-22/h5-8,16,20-23,29,33H,9-15H2,1-4H3,(H,30,35);5-12,16,18,22,24,33H,4,13-15H2,1-3H3,(H,29,35)(H,31,34);6-9,14,19-21,30H,10-13H2,1-5H3,(H,26,31);4-7,14-15,20-21,29H,8-13H2,1-3H3,(H,25,30)/t20-,21-,22+,23+;18-,22+,24-;19-,20?,21+;15-,20-,21+/m1011/s1. The van der Waals surface area contributed by atoms with E-state index in [2.05, 4.69) is 51.8 Å². The molecule has 33 nitrogen and oxygen atoms in total. The van der Waals surface area contributed by atoms with Crippen LogP contribution in [0.1, 0.15) is 176 Å². The van der Waals surface area contributed by atoms with E-state index in [1.54, 1.807) is 83.5 Å². The number of amides is 9. The number of hydrogen-bond acceptors (Lipinski definition) is 28. The van der Waals surface area contributed by atoms with E-state index >= 15 is 0 Å². The highest BCUT2D eigenvalue weighted by atomic mass is 32.1. The molecule has 37 heteroatoms. The molecule has 5 aliphatic heterocycles. The van der Waals surface area contributed by atoms with E-state index in [1.165, 1.54) is 33.6 Å². The summed E-state index contributed by atoms with van der Waals surface area (Å²) in [6, 6.07) is 33.9. The predicted molar refractivity (Wildman–Crippen MR) is 544 cm³/mol. The smallest absolute Gasteiger partial charge is 0.252 e. The highest BCUT2D eigenvalue weighted by molar-refractivity contribution is 7.14. The second-order valence-electron chi connectivity index (χ2n) is 38.8. The molecule has 0 saturated carbocycles. The van der Waals surface area contributed by atoms with Gasteiger partial charge < -0.3 is 90.9 Å². The van der Waals surface area contributed by atoms with Crippen LogP contribution >= 0.6 is 45.3 Å². The number of aryl methyl sites for hydroxylation is 4. The van der Waals surface area contributed by atoms with E-state index in [0.29, 0.717) is 63.9 Å². The van der Waals surface area contributed by atoms with Gasteiger partial charge in [-0.05, 0) is 122 Å². The number of aromatic nitrogens is 4. The van der Waals surface area contributed by atoms with Crippen LogP contribution in [0.2, 0.25) is 0 Å². The quantitative estimate of drug-likeness (QED) is 0.0179. The third kappa shape index (κ3) is 30.5. The lowest BCUT2D eigenvalue weighted by Crippen LogP contribution is -2.52. The summed E-state index contributed by atoms with van der Waals surface area (Å²) in [5, 5.41) is 58.4. The summed E-state index contributed by atoms with van der Waals surface area (Å²) in [6.45, 7) is 29.8. The van der Waals surface area contributed by atoms with Crippen LogP contribution in [-0.4, -0.2) is 257 Å². The van der Waals surface area contributed by atoms with E-state index in [-0.39, 0.29) is 143 Å². The van der Waals surface area contributed by atoms with Crippen LogP contribution in [-0.2, 0) is 88.4 Å². The summed E-state index contributed by atoms with van der Waals surface area (Å²) in [6.07, 6.45) is -1.93. The van der Waals surface area contributed by atoms with Crippen LogP contribution in [0.15, 0.2) is 143 Å². The number of nitrogens with one attached hydrogen (secondary N) is 6. The number of aliphatic hydroxyl groups is 4. The summed E-state index contributed by atoms with van der Waals surface area (Å²) in [5.74, 6) is -4.29. The van der Waals surface area contributed by atoms with Gasteiger partial charge in [0.1, 0.15) is 47.5 Å². The Balaban J connectivity index is 0.000000181. The molecule has 10 N–H and O–H groups in total. The maximum atomic E-state index is 13.7. The van der Waals surface area contributed by atoms with Crippen molar-refractivity contribution in [2.24, 2.45) is 28.6 Å². The minimum atomic E-state index is -0.887. The largest absolute Gasteiger partial charge is 0.494 e. The highest BCUT2D eigenvalue weighted by Gasteiger charge is 2.48. The number of morpholine rings is 1. The van der Waals surface area contributed by atoms with Crippen molar-refractivity contribution in [1.29, 1.82) is 0 Å². The number of thiazole rings is 4. The topological polar surface area (TPSA) is 450 Å². The first-order valence-corrected chi connectivity index (χ1v) is 51.5. The molecule has 5 saturated heterocycles. The van der Waals surface area contributed by atoms with Crippen LogP contribution in [0.5, 0.6) is 5.75 Å². The average molecular weight is 2020 g/mol. The zero-order valence-electron chi connectivity index (χ0n) is 83.3. The Morgan fingerprint density at radius 2 is 0.824 bits per heavy atom. The number of methoxy groups -OCH3 is 1. The number of likely N-dealkylation sites (tertiary alicyclic amines) is 4. The van der Waals surface area contributed by atoms with Crippen molar-refractivity contribution in [2.45, 2.75) is 235 Å². The molecular formula is C105H134N14O19S4. The van der Waals surface area contributed by atoms with Gasteiger partial charge in [-0.15, -0.1) is 45.3 Å². The first-order valence-electron chi connectivity index (χ1n) is 48.0. The van der Waals surface area contributed by atoms with Gasteiger partial charge in [-0.2, -0.15) is 0 Å². The third-order valence-corrected chi connectivity index (χ3v) is 29.6. The number of aliphatic hydroxyl groups excluding tert-OH is 4. The molecule has 0 spiro atoms. The Bertz CT molecular complexity index is 5810. The van der Waals surface area contributed by atoms with E-state index in [9.17, 15) is 78.0 Å². The van der Waals surface area contributed by atoms with Gasteiger partial charge in [0.05, 0.1) is 121 Å². The zero-order chi connectivity index (χ0) is 103. The van der Waals surface area contributed by atoms with Crippen LogP contribution in [0, 0.1) is 56.3 Å². The summed E-state index contributed by atoms with van der Waals surface area (Å²) < 4.78 is 15.8. The molecule has 142 heavy (non-hydrogen) atoms. The Kier molecular flexibility index (Phi) is 40.2. The predicted octanol–water partition coefficient (Wildman–Crippen LogP) is 10.9. The number of ether oxygens (including phenoxy) is 3. The van der Waals surface area contributed by atoms with Crippen molar-refractivity contribution >= 4 is 116 Å². The number of rotatable bonds is 34. The van der Waals surface area contributed by atoms with E-state index in [1.807, 2.05) is 195 Å². The van der Waals surface area contributed by atoms with Gasteiger partial charge in [0, 0.05) is 141 Å². The number of carbonyl (C=O) groups is 12. The highest BCUT2D eigenvalue weighted by Crippen LogP contribution is 2.38. The number of hydrogen-bond donors (Lipinski definition) is 10. The minimum Gasteiger partial charge on any atom is -0.494 e. The van der Waals surface area contributed by atoms with Gasteiger partial charge in [0.15, 0.2) is 5.78 Å². The van der Waals surface area contributed by atoms with Gasteiger partial charge in [0.25, 0.3) is 5.91 Å². The Hall–Kier alpha value is -11.6. The van der Waals surface area contributed by atoms with Crippen LogP contribution < -0.4 is 36.6 Å². The first-order chi connectivity index (χ1) is 67.6. The van der Waals surface area contributed by atoms with E-state index in [4.69, 9.17) is 14.2 Å². The van der Waals surface area contributed by atoms with Crippen molar-refractivity contribution in [2.75, 3.05) is 66.3 Å². The molecule has 9 amide bonds. The number of β-amino-alcohol motifs (C(OH)–C–C–N with tert-alkyl or cyclic N) is 4. The van der Waals surface area contributed by atoms with E-state index < -0.39 is 101 Å². The fourth-order valence-electron chi connectivity index (χ4n) is 17.7. The summed E-state index contributed by atoms with van der Waals surface area (Å²) >= 11 is 6.35. The number of ketones is 3. The van der Waals surface area contributed by atoms with Crippen molar-refractivity contribution in [3.63, 3.8) is 0 Å². The molecule has 13 atom stereocenters. The fourth-order valence-corrected chi connectivity index (χ4v) is 21.0. The summed E-state index contributed by atoms with van der Waals surface area (Å²) in [7, 11) is 1.52. The number of Topliss-reactive ketones (excluding diaryl/α,β-unsaturated/α-hetero) is 3. The Labute approximate surface area is 845 Å². The molecule has 5 aliphatic rings. The van der Waals surface area contributed by atoms with Gasteiger partial charge in [-0.1, -0.05) is 152 Å². The summed E-state index contributed by atoms with van der Waals surface area (Å²) in [4.78, 5) is 182. The molecule has 0 bridgehead atoms. The second kappa shape index (κ2) is 51.6. The normalized spacial score (nSPS) is 19.7. The fraction of sp³-hybridized carbons (Fsp3) is 0.486. The molecule has 9 heterocycles. The summed E-state index contributed by atoms with van der Waals surface area (Å²) in [5.41, 5.74) is 18.7. The third-order valence-electron chi connectivity index (χ3n) is 25.7. The molecular weight excluding hydrogens is 1890 g/mol.